The molecule has 1 aliphatic carbocycles. The summed E-state index contributed by atoms with van der Waals surface area (Å²) in [5.74, 6) is -1.85. The number of aliphatic hydroxyl groups is 1. The molecule has 5 unspecified atom stereocenters. The molecule has 9 heteroatoms. The van der Waals surface area contributed by atoms with Crippen LogP contribution in [0, 0.1) is 5.92 Å². The second-order valence-corrected chi connectivity index (χ2v) is 9.75. The Morgan fingerprint density at radius 3 is 2.50 bits per heavy atom. The topological polar surface area (TPSA) is 111 Å². The summed E-state index contributed by atoms with van der Waals surface area (Å²) in [6.45, 7) is 3.11. The van der Waals surface area contributed by atoms with E-state index in [1.165, 1.54) is 0 Å². The zero-order chi connectivity index (χ0) is 24.9. The third kappa shape index (κ3) is 9.00. The summed E-state index contributed by atoms with van der Waals surface area (Å²) in [4.78, 5) is 25.5. The molecule has 7 nitrogen and oxygen atoms in total. The van der Waals surface area contributed by atoms with E-state index in [9.17, 15) is 14.7 Å². The minimum atomic E-state index is -1.15. The number of amides is 1. The van der Waals surface area contributed by atoms with E-state index in [-0.39, 0.29) is 19.4 Å². The third-order valence-corrected chi connectivity index (χ3v) is 6.99. The van der Waals surface area contributed by atoms with Gasteiger partial charge in [0.05, 0.1) is 35.5 Å². The molecule has 0 radical (unpaired) electrons. The van der Waals surface area contributed by atoms with Crippen molar-refractivity contribution in [3.05, 3.63) is 35.9 Å². The van der Waals surface area contributed by atoms with E-state index in [0.717, 1.165) is 37.7 Å². The number of hydrogen-bond acceptors (Lipinski definition) is 6. The van der Waals surface area contributed by atoms with Crippen molar-refractivity contribution in [3.8, 4) is 0 Å². The Labute approximate surface area is 212 Å². The van der Waals surface area contributed by atoms with Crippen LogP contribution in [0.25, 0.3) is 0 Å². The maximum absolute atomic E-state index is 13.1. The van der Waals surface area contributed by atoms with Gasteiger partial charge in [-0.25, -0.2) is 4.79 Å². The van der Waals surface area contributed by atoms with E-state index in [4.69, 9.17) is 38.4 Å². The minimum Gasteiger partial charge on any atom is -0.464 e. The number of halogens is 2. The molecule has 0 aliphatic heterocycles. The highest BCUT2D eigenvalue weighted by Crippen LogP contribution is 2.34. The van der Waals surface area contributed by atoms with Crippen LogP contribution in [0.3, 0.4) is 0 Å². The second kappa shape index (κ2) is 15.6. The van der Waals surface area contributed by atoms with E-state index in [1.807, 2.05) is 30.3 Å². The van der Waals surface area contributed by atoms with Gasteiger partial charge in [0, 0.05) is 13.0 Å². The number of esters is 1. The van der Waals surface area contributed by atoms with Crippen molar-refractivity contribution in [2.45, 2.75) is 80.9 Å². The van der Waals surface area contributed by atoms with E-state index in [2.05, 4.69) is 5.32 Å². The summed E-state index contributed by atoms with van der Waals surface area (Å²) < 4.78 is 11.0. The van der Waals surface area contributed by atoms with Crippen LogP contribution in [0.1, 0.15) is 51.0 Å². The lowest BCUT2D eigenvalue weighted by Crippen LogP contribution is -2.56. The number of unbranched alkanes of at least 4 members (excludes halogenated alkanes) is 4. The Bertz CT molecular complexity index is 739. The summed E-state index contributed by atoms with van der Waals surface area (Å²) >= 11 is 13.0. The number of hydrogen-bond donors (Lipinski definition) is 3. The fourth-order valence-electron chi connectivity index (χ4n) is 4.15. The number of rotatable bonds is 14. The van der Waals surface area contributed by atoms with Crippen molar-refractivity contribution in [1.82, 2.24) is 5.32 Å². The molecular weight excluding hydrogens is 479 g/mol. The van der Waals surface area contributed by atoms with Gasteiger partial charge in [-0.15, -0.1) is 23.2 Å². The molecule has 0 aromatic heterocycles. The second-order valence-electron chi connectivity index (χ2n) is 8.69. The van der Waals surface area contributed by atoms with Crippen LogP contribution in [0.15, 0.2) is 30.3 Å². The highest BCUT2D eigenvalue weighted by atomic mass is 35.5. The molecule has 1 aromatic carbocycles. The lowest BCUT2D eigenvalue weighted by molar-refractivity contribution is -0.149. The maximum atomic E-state index is 13.1. The zero-order valence-electron chi connectivity index (χ0n) is 19.8. The van der Waals surface area contributed by atoms with Gasteiger partial charge in [0.25, 0.3) is 0 Å². The molecule has 6 atom stereocenters. The number of carbonyl (C=O) groups is 2. The van der Waals surface area contributed by atoms with Crippen molar-refractivity contribution in [1.29, 1.82) is 0 Å². The van der Waals surface area contributed by atoms with Crippen molar-refractivity contribution >= 4 is 35.1 Å². The van der Waals surface area contributed by atoms with Gasteiger partial charge in [-0.2, -0.15) is 0 Å². The number of benzene rings is 1. The Hall–Kier alpha value is -1.38. The van der Waals surface area contributed by atoms with Gasteiger partial charge < -0.3 is 25.6 Å². The van der Waals surface area contributed by atoms with Crippen LogP contribution in [0.5, 0.6) is 0 Å². The van der Waals surface area contributed by atoms with E-state index >= 15 is 0 Å². The van der Waals surface area contributed by atoms with Gasteiger partial charge in [-0.3, -0.25) is 4.79 Å². The summed E-state index contributed by atoms with van der Waals surface area (Å²) in [6, 6.07) is 8.47. The molecular formula is C25H38Cl2N2O5. The highest BCUT2D eigenvalue weighted by molar-refractivity contribution is 6.25. The highest BCUT2D eigenvalue weighted by Gasteiger charge is 2.46. The first kappa shape index (κ1) is 28.9. The number of nitrogens with two attached hydrogens (primary N) is 1. The molecule has 1 aliphatic rings. The first-order valence-corrected chi connectivity index (χ1v) is 13.0. The van der Waals surface area contributed by atoms with E-state index < -0.39 is 46.8 Å². The summed E-state index contributed by atoms with van der Waals surface area (Å²) in [7, 11) is 0. The Morgan fingerprint density at radius 2 is 1.82 bits per heavy atom. The van der Waals surface area contributed by atoms with Gasteiger partial charge in [0.2, 0.25) is 5.91 Å². The molecule has 0 saturated heterocycles. The third-order valence-electron chi connectivity index (χ3n) is 6.05. The molecule has 4 N–H and O–H groups in total. The summed E-state index contributed by atoms with van der Waals surface area (Å²) in [5.41, 5.74) is 6.38. The maximum Gasteiger partial charge on any atom is 0.328 e. The molecule has 1 fully saturated rings. The van der Waals surface area contributed by atoms with Crippen molar-refractivity contribution in [2.24, 2.45) is 11.7 Å². The molecule has 2 rings (SSSR count). The smallest absolute Gasteiger partial charge is 0.328 e. The molecule has 0 bridgehead atoms. The lowest BCUT2D eigenvalue weighted by atomic mass is 9.83. The van der Waals surface area contributed by atoms with Gasteiger partial charge in [0.15, 0.2) is 0 Å². The number of alkyl halides is 2. The largest absolute Gasteiger partial charge is 0.464 e. The molecule has 0 spiro atoms. The predicted octanol–water partition coefficient (Wildman–Crippen LogP) is 3.17. The van der Waals surface area contributed by atoms with Gasteiger partial charge in [0.1, 0.15) is 6.04 Å². The van der Waals surface area contributed by atoms with Gasteiger partial charge >= 0.3 is 5.97 Å². The SMILES string of the molecule is CCOC(=O)[C@H](Cc1ccccc1)NC(=O)C1CC(Cl)C(OCCCCCCCN)C(Cl)C1O. The first-order chi connectivity index (χ1) is 16.4. The normalized spacial score (nSPS) is 25.5. The standard InChI is InChI=1S/C25H38Cl2N2O5/c1-2-33-25(32)20(15-17-11-7-6-8-12-17)29-24(31)18-16-19(26)23(21(27)22(18)30)34-14-10-5-3-4-9-13-28/h6-8,11-12,18-23,30H,2-5,9-10,13-16,28H2,1H3,(H,29,31)/t18?,19?,20-,21?,22?,23?/m0/s1. The van der Waals surface area contributed by atoms with Crippen LogP contribution in [-0.4, -0.2) is 65.7 Å². The summed E-state index contributed by atoms with van der Waals surface area (Å²) in [5, 5.41) is 12.2. The number of nitrogens with one attached hydrogen (secondary N) is 1. The van der Waals surface area contributed by atoms with E-state index in [0.29, 0.717) is 13.2 Å². The lowest BCUT2D eigenvalue weighted by Gasteiger charge is -2.39. The van der Waals surface area contributed by atoms with Gasteiger partial charge in [-0.05, 0) is 38.3 Å². The monoisotopic (exact) mass is 516 g/mol. The first-order valence-electron chi connectivity index (χ1n) is 12.2. The van der Waals surface area contributed by atoms with E-state index in [1.54, 1.807) is 6.92 Å². The van der Waals surface area contributed by atoms with Crippen molar-refractivity contribution in [3.63, 3.8) is 0 Å². The molecule has 34 heavy (non-hydrogen) atoms. The van der Waals surface area contributed by atoms with Crippen molar-refractivity contribution in [2.75, 3.05) is 19.8 Å². The van der Waals surface area contributed by atoms with Crippen LogP contribution in [0.2, 0.25) is 0 Å². The van der Waals surface area contributed by atoms with Crippen LogP contribution < -0.4 is 11.1 Å². The molecule has 192 valence electrons. The predicted molar refractivity (Wildman–Crippen MR) is 134 cm³/mol. The fourth-order valence-corrected chi connectivity index (χ4v) is 5.07. The summed E-state index contributed by atoms with van der Waals surface area (Å²) in [6.07, 6.45) is 3.88. The van der Waals surface area contributed by atoms with Crippen LogP contribution in [0.4, 0.5) is 0 Å². The Kier molecular flexibility index (Phi) is 13.2. The average Bonchev–Trinajstić information content (AvgIpc) is 2.83. The Morgan fingerprint density at radius 1 is 1.15 bits per heavy atom. The fraction of sp³-hybridized carbons (Fsp3) is 0.680. The Balaban J connectivity index is 1.92. The zero-order valence-corrected chi connectivity index (χ0v) is 21.3. The average molecular weight is 517 g/mol. The number of ether oxygens (including phenoxy) is 2. The molecule has 1 saturated carbocycles. The molecule has 1 amide bonds. The molecule has 1 aromatic rings. The number of aliphatic hydroxyl groups excluding tert-OH is 1. The quantitative estimate of drug-likeness (QED) is 0.199. The van der Waals surface area contributed by atoms with Crippen LogP contribution >= 0.6 is 23.2 Å². The number of carbonyl (C=O) groups excluding carboxylic acids is 2. The van der Waals surface area contributed by atoms with Crippen LogP contribution in [-0.2, 0) is 25.5 Å². The van der Waals surface area contributed by atoms with Gasteiger partial charge in [-0.1, -0.05) is 49.6 Å². The molecule has 0 heterocycles. The van der Waals surface area contributed by atoms with Crippen molar-refractivity contribution < 1.29 is 24.2 Å². The minimum absolute atomic E-state index is 0.194.